The maximum absolute atomic E-state index is 12.5. The third kappa shape index (κ3) is 31.6. The van der Waals surface area contributed by atoms with Crippen LogP contribution >= 0.6 is 7.82 Å². The second kappa shape index (κ2) is 32.5. The van der Waals surface area contributed by atoms with Gasteiger partial charge in [-0.05, 0) is 12.8 Å². The molecule has 0 spiro atoms. The van der Waals surface area contributed by atoms with Crippen LogP contribution in [0.1, 0.15) is 174 Å². The average molecular weight is 680 g/mol. The summed E-state index contributed by atoms with van der Waals surface area (Å²) in [6.07, 6.45) is 28.7. The van der Waals surface area contributed by atoms with Crippen molar-refractivity contribution in [2.75, 3.05) is 26.4 Å². The Hall–Kier alpha value is -1.03. The Labute approximate surface area is 280 Å². The van der Waals surface area contributed by atoms with E-state index in [1.54, 1.807) is 0 Å². The number of esters is 1. The van der Waals surface area contributed by atoms with E-state index in [1.807, 2.05) is 0 Å². The molecule has 0 saturated carbocycles. The van der Waals surface area contributed by atoms with Gasteiger partial charge in [0.25, 0.3) is 0 Å². The second-order valence-corrected chi connectivity index (χ2v) is 14.2. The van der Waals surface area contributed by atoms with Crippen molar-refractivity contribution in [3.63, 3.8) is 0 Å². The topological polar surface area (TPSA) is 155 Å². The normalized spacial score (nSPS) is 14.2. The number of carboxylic acids is 1. The van der Waals surface area contributed by atoms with Crippen LogP contribution in [0.25, 0.3) is 0 Å². The minimum atomic E-state index is -4.60. The van der Waals surface area contributed by atoms with E-state index in [2.05, 4.69) is 18.4 Å². The number of aliphatic carboxylic acids is 1. The van der Waals surface area contributed by atoms with Crippen LogP contribution in [-0.4, -0.2) is 60.5 Å². The van der Waals surface area contributed by atoms with Gasteiger partial charge in [0.1, 0.15) is 12.1 Å². The van der Waals surface area contributed by atoms with E-state index in [9.17, 15) is 19.0 Å². The van der Waals surface area contributed by atoms with Gasteiger partial charge in [0.05, 0.1) is 19.8 Å². The highest BCUT2D eigenvalue weighted by molar-refractivity contribution is 7.47. The summed E-state index contributed by atoms with van der Waals surface area (Å²) in [7, 11) is -4.60. The molecule has 274 valence electrons. The molecule has 0 aliphatic heterocycles. The van der Waals surface area contributed by atoms with E-state index in [1.165, 1.54) is 116 Å². The van der Waals surface area contributed by atoms with Gasteiger partial charge in [-0.15, -0.1) is 0 Å². The van der Waals surface area contributed by atoms with Crippen molar-refractivity contribution in [1.29, 1.82) is 0 Å². The van der Waals surface area contributed by atoms with E-state index in [0.29, 0.717) is 6.61 Å². The Balaban J connectivity index is 4.27. The van der Waals surface area contributed by atoms with Crippen LogP contribution in [0.2, 0.25) is 0 Å². The molecule has 0 heterocycles. The van der Waals surface area contributed by atoms with Gasteiger partial charge in [-0.3, -0.25) is 18.6 Å². The van der Waals surface area contributed by atoms with E-state index < -0.39 is 45.1 Å². The van der Waals surface area contributed by atoms with Crippen LogP contribution in [0, 0.1) is 0 Å². The molecule has 3 atom stereocenters. The molecule has 4 N–H and O–H groups in total. The van der Waals surface area contributed by atoms with Gasteiger partial charge in [0, 0.05) is 13.0 Å². The molecule has 0 aromatic heterocycles. The number of carbonyl (C=O) groups excluding carboxylic acids is 1. The zero-order valence-electron chi connectivity index (χ0n) is 29.4. The summed E-state index contributed by atoms with van der Waals surface area (Å²) in [4.78, 5) is 33.3. The molecular weight excluding hydrogens is 609 g/mol. The third-order valence-electron chi connectivity index (χ3n) is 8.14. The number of ether oxygens (including phenoxy) is 2. The third-order valence-corrected chi connectivity index (χ3v) is 9.09. The Morgan fingerprint density at radius 1 is 0.609 bits per heavy atom. The average Bonchev–Trinajstić information content (AvgIpc) is 3.03. The first-order chi connectivity index (χ1) is 22.2. The van der Waals surface area contributed by atoms with Crippen LogP contribution < -0.4 is 5.73 Å². The quantitative estimate of drug-likeness (QED) is 0.0331. The molecule has 0 fully saturated rings. The maximum Gasteiger partial charge on any atom is 0.472 e. The van der Waals surface area contributed by atoms with Crippen molar-refractivity contribution in [2.45, 2.75) is 187 Å². The number of phosphoric acid groups is 1. The summed E-state index contributed by atoms with van der Waals surface area (Å²) in [5, 5.41) is 8.84. The number of hydrogen-bond acceptors (Lipinski definition) is 8. The standard InChI is InChI=1S/C35H70NO9P/c1-3-5-7-9-11-13-15-16-17-18-19-21-23-25-27-34(37)45-32(30-43-46(40,41)44-31-33(36)35(38)39)29-42-28-26-24-22-20-14-12-10-8-6-4-2/h32-33H,3-31,36H2,1-2H3,(H,38,39)(H,40,41). The van der Waals surface area contributed by atoms with Crippen molar-refractivity contribution in [2.24, 2.45) is 5.73 Å². The maximum atomic E-state index is 12.5. The molecule has 0 aromatic rings. The monoisotopic (exact) mass is 679 g/mol. The fourth-order valence-corrected chi connectivity index (χ4v) is 5.97. The van der Waals surface area contributed by atoms with Crippen LogP contribution in [0.5, 0.6) is 0 Å². The molecule has 0 aromatic carbocycles. The number of carbonyl (C=O) groups is 2. The highest BCUT2D eigenvalue weighted by Crippen LogP contribution is 2.43. The zero-order valence-corrected chi connectivity index (χ0v) is 30.3. The lowest BCUT2D eigenvalue weighted by molar-refractivity contribution is -0.154. The van der Waals surface area contributed by atoms with Crippen LogP contribution in [0.3, 0.4) is 0 Å². The number of nitrogens with two attached hydrogens (primary N) is 1. The predicted molar refractivity (Wildman–Crippen MR) is 185 cm³/mol. The summed E-state index contributed by atoms with van der Waals surface area (Å²) in [5.74, 6) is -1.77. The van der Waals surface area contributed by atoms with Crippen molar-refractivity contribution in [1.82, 2.24) is 0 Å². The number of hydrogen-bond donors (Lipinski definition) is 3. The first-order valence-electron chi connectivity index (χ1n) is 18.6. The van der Waals surface area contributed by atoms with Crippen molar-refractivity contribution < 1.29 is 42.7 Å². The van der Waals surface area contributed by atoms with Crippen molar-refractivity contribution in [3.8, 4) is 0 Å². The van der Waals surface area contributed by atoms with Crippen LogP contribution in [-0.2, 0) is 32.7 Å². The lowest BCUT2D eigenvalue weighted by Gasteiger charge is -2.20. The first kappa shape index (κ1) is 45.0. The van der Waals surface area contributed by atoms with Gasteiger partial charge in [-0.2, -0.15) is 0 Å². The lowest BCUT2D eigenvalue weighted by Crippen LogP contribution is -2.34. The summed E-state index contributed by atoms with van der Waals surface area (Å²) in [6, 6.07) is -1.47. The highest BCUT2D eigenvalue weighted by atomic mass is 31.2. The Morgan fingerprint density at radius 3 is 1.43 bits per heavy atom. The fraction of sp³-hybridized carbons (Fsp3) is 0.943. The summed E-state index contributed by atoms with van der Waals surface area (Å²) in [5.41, 5.74) is 5.33. The number of unbranched alkanes of at least 4 members (excludes halogenated alkanes) is 22. The van der Waals surface area contributed by atoms with E-state index in [-0.39, 0.29) is 13.0 Å². The summed E-state index contributed by atoms with van der Waals surface area (Å²) >= 11 is 0. The smallest absolute Gasteiger partial charge is 0.472 e. The summed E-state index contributed by atoms with van der Waals surface area (Å²) in [6.45, 7) is 3.88. The van der Waals surface area contributed by atoms with Gasteiger partial charge in [-0.25, -0.2) is 4.57 Å². The number of rotatable bonds is 36. The van der Waals surface area contributed by atoms with E-state index in [0.717, 1.165) is 38.5 Å². The molecule has 3 unspecified atom stereocenters. The lowest BCUT2D eigenvalue weighted by atomic mass is 10.0. The molecule has 0 saturated heterocycles. The largest absolute Gasteiger partial charge is 0.480 e. The molecule has 0 rings (SSSR count). The molecule has 0 aliphatic rings. The molecule has 46 heavy (non-hydrogen) atoms. The Morgan fingerprint density at radius 2 is 1.00 bits per heavy atom. The van der Waals surface area contributed by atoms with Gasteiger partial charge >= 0.3 is 19.8 Å². The van der Waals surface area contributed by atoms with Gasteiger partial charge in [-0.1, -0.05) is 155 Å². The van der Waals surface area contributed by atoms with E-state index in [4.69, 9.17) is 24.8 Å². The molecule has 0 aliphatic carbocycles. The van der Waals surface area contributed by atoms with Gasteiger partial charge in [0.2, 0.25) is 0 Å². The highest BCUT2D eigenvalue weighted by Gasteiger charge is 2.27. The van der Waals surface area contributed by atoms with Crippen LogP contribution in [0.4, 0.5) is 0 Å². The zero-order chi connectivity index (χ0) is 34.1. The predicted octanol–water partition coefficient (Wildman–Crippen LogP) is 9.25. The minimum Gasteiger partial charge on any atom is -0.480 e. The number of carboxylic acid groups (broad SMARTS) is 1. The first-order valence-corrected chi connectivity index (χ1v) is 20.1. The van der Waals surface area contributed by atoms with Crippen molar-refractivity contribution in [3.05, 3.63) is 0 Å². The number of phosphoric ester groups is 1. The molecule has 0 amide bonds. The SMILES string of the molecule is CCCCCCCCCCCCCCCCC(=O)OC(COCCCCCCCCCCCC)COP(=O)(O)OCC(N)C(=O)O. The van der Waals surface area contributed by atoms with Crippen molar-refractivity contribution >= 4 is 19.8 Å². The van der Waals surface area contributed by atoms with E-state index >= 15 is 0 Å². The minimum absolute atomic E-state index is 0.0244. The molecule has 0 bridgehead atoms. The summed E-state index contributed by atoms with van der Waals surface area (Å²) < 4.78 is 33.1. The Bertz CT molecular complexity index is 756. The molecule has 10 nitrogen and oxygen atoms in total. The molecule has 0 radical (unpaired) electrons. The van der Waals surface area contributed by atoms with Gasteiger partial charge in [0.15, 0.2) is 0 Å². The Kier molecular flexibility index (Phi) is 31.8. The van der Waals surface area contributed by atoms with Gasteiger partial charge < -0.3 is 25.2 Å². The molecule has 11 heteroatoms. The molecular formula is C35H70NO9P. The fourth-order valence-electron chi connectivity index (χ4n) is 5.19. The second-order valence-electron chi connectivity index (χ2n) is 12.7. The van der Waals surface area contributed by atoms with Crippen LogP contribution in [0.15, 0.2) is 0 Å².